The van der Waals surface area contributed by atoms with E-state index in [0.717, 1.165) is 27.8 Å². The zero-order valence-corrected chi connectivity index (χ0v) is 16.6. The summed E-state index contributed by atoms with van der Waals surface area (Å²) < 4.78 is 0. The van der Waals surface area contributed by atoms with Crippen molar-refractivity contribution < 1.29 is 15.3 Å². The van der Waals surface area contributed by atoms with Crippen molar-refractivity contribution in [1.82, 2.24) is 0 Å². The first-order chi connectivity index (χ1) is 13.9. The van der Waals surface area contributed by atoms with Crippen LogP contribution in [0, 0.1) is 0 Å². The van der Waals surface area contributed by atoms with Gasteiger partial charge in [-0.05, 0) is 71.8 Å². The maximum atomic E-state index is 10.2. The van der Waals surface area contributed by atoms with Crippen molar-refractivity contribution in [3.8, 4) is 17.2 Å². The van der Waals surface area contributed by atoms with Gasteiger partial charge in [-0.1, -0.05) is 48.6 Å². The molecule has 0 aliphatic carbocycles. The fraction of sp³-hybridized carbons (Fsp3) is 0.154. The van der Waals surface area contributed by atoms with Crippen LogP contribution in [-0.2, 0) is 18.3 Å². The Labute approximate surface area is 171 Å². The van der Waals surface area contributed by atoms with Crippen molar-refractivity contribution in [2.24, 2.45) is 0 Å². The molecule has 0 spiro atoms. The van der Waals surface area contributed by atoms with Crippen molar-refractivity contribution in [2.45, 2.75) is 25.2 Å². The summed E-state index contributed by atoms with van der Waals surface area (Å²) in [6.45, 7) is 9.67. The lowest BCUT2D eigenvalue weighted by atomic mass is 9.70. The molecule has 3 N–H and O–H groups in total. The molecule has 148 valence electrons. The molecule has 0 aromatic heterocycles. The van der Waals surface area contributed by atoms with Crippen molar-refractivity contribution in [3.05, 3.63) is 114 Å². The van der Waals surface area contributed by atoms with E-state index in [9.17, 15) is 15.3 Å². The molecular weight excluding hydrogens is 360 g/mol. The third-order valence-electron chi connectivity index (χ3n) is 5.49. The summed E-state index contributed by atoms with van der Waals surface area (Å²) in [5, 5.41) is 30.2. The standard InChI is InChI=1S/C26H26O3/c1-4-6-18-16-21(10-14-24(18)28)26(3,20-8-12-23(27)13-9-20)22-11-15-25(29)19(17-22)7-5-2/h4-5,8-17,27-29H,1-2,6-7H2,3H3. The lowest BCUT2D eigenvalue weighted by molar-refractivity contribution is 0.468. The minimum absolute atomic E-state index is 0.201. The highest BCUT2D eigenvalue weighted by Gasteiger charge is 2.32. The first kappa shape index (κ1) is 20.3. The van der Waals surface area contributed by atoms with E-state index in [1.165, 1.54) is 0 Å². The van der Waals surface area contributed by atoms with Gasteiger partial charge in [-0.15, -0.1) is 13.2 Å². The lowest BCUT2D eigenvalue weighted by Gasteiger charge is -2.33. The van der Waals surface area contributed by atoms with E-state index >= 15 is 0 Å². The monoisotopic (exact) mass is 386 g/mol. The van der Waals surface area contributed by atoms with Gasteiger partial charge < -0.3 is 15.3 Å². The van der Waals surface area contributed by atoms with Crippen LogP contribution in [0.4, 0.5) is 0 Å². The molecule has 3 rings (SSSR count). The van der Waals surface area contributed by atoms with Crippen LogP contribution >= 0.6 is 0 Å². The fourth-order valence-electron chi connectivity index (χ4n) is 3.73. The maximum absolute atomic E-state index is 10.2. The van der Waals surface area contributed by atoms with E-state index in [1.807, 2.05) is 36.4 Å². The predicted octanol–water partition coefficient (Wildman–Crippen LogP) is 5.61. The molecule has 0 saturated heterocycles. The number of benzene rings is 3. The molecule has 0 heterocycles. The second kappa shape index (κ2) is 8.27. The molecule has 3 aromatic carbocycles. The molecule has 0 saturated carbocycles. The summed E-state index contributed by atoms with van der Waals surface area (Å²) in [6.07, 6.45) is 4.64. The molecule has 0 radical (unpaired) electrons. The highest BCUT2D eigenvalue weighted by Crippen LogP contribution is 2.42. The van der Waals surface area contributed by atoms with Crippen molar-refractivity contribution in [1.29, 1.82) is 0 Å². The largest absolute Gasteiger partial charge is 0.508 e. The SMILES string of the molecule is C=CCc1cc(C(C)(c2ccc(O)cc2)c2ccc(O)c(CC=C)c2)ccc1O. The Morgan fingerprint density at radius 2 is 1.10 bits per heavy atom. The zero-order valence-electron chi connectivity index (χ0n) is 16.6. The van der Waals surface area contributed by atoms with Gasteiger partial charge in [0.25, 0.3) is 0 Å². The minimum atomic E-state index is -0.569. The van der Waals surface area contributed by atoms with Gasteiger partial charge in [0, 0.05) is 5.41 Å². The zero-order chi connectivity index (χ0) is 21.0. The van der Waals surface area contributed by atoms with Crippen LogP contribution in [0.3, 0.4) is 0 Å². The van der Waals surface area contributed by atoms with Gasteiger partial charge in [-0.3, -0.25) is 0 Å². The first-order valence-corrected chi connectivity index (χ1v) is 9.56. The van der Waals surface area contributed by atoms with Crippen molar-refractivity contribution in [3.63, 3.8) is 0 Å². The molecule has 29 heavy (non-hydrogen) atoms. The van der Waals surface area contributed by atoms with Crippen LogP contribution in [0.2, 0.25) is 0 Å². The third-order valence-corrected chi connectivity index (χ3v) is 5.49. The molecule has 0 bridgehead atoms. The summed E-state index contributed by atoms with van der Waals surface area (Å²) in [4.78, 5) is 0. The number of phenols is 3. The van der Waals surface area contributed by atoms with Crippen LogP contribution < -0.4 is 0 Å². The van der Waals surface area contributed by atoms with Crippen LogP contribution in [0.25, 0.3) is 0 Å². The molecule has 0 aliphatic rings. The minimum Gasteiger partial charge on any atom is -0.508 e. The Kier molecular flexibility index (Phi) is 5.79. The van der Waals surface area contributed by atoms with Crippen LogP contribution in [-0.4, -0.2) is 15.3 Å². The predicted molar refractivity (Wildman–Crippen MR) is 118 cm³/mol. The smallest absolute Gasteiger partial charge is 0.119 e. The number of phenolic OH excluding ortho intramolecular Hbond substituents is 3. The highest BCUT2D eigenvalue weighted by atomic mass is 16.3. The van der Waals surface area contributed by atoms with Crippen LogP contribution in [0.5, 0.6) is 17.2 Å². The quantitative estimate of drug-likeness (QED) is 0.365. The van der Waals surface area contributed by atoms with Crippen molar-refractivity contribution >= 4 is 0 Å². The van der Waals surface area contributed by atoms with E-state index in [0.29, 0.717) is 12.8 Å². The Hall–Kier alpha value is -3.46. The van der Waals surface area contributed by atoms with Gasteiger partial charge in [0.2, 0.25) is 0 Å². The van der Waals surface area contributed by atoms with E-state index in [2.05, 4.69) is 20.1 Å². The molecule has 3 heteroatoms. The average Bonchev–Trinajstić information content (AvgIpc) is 2.71. The molecule has 0 amide bonds. The van der Waals surface area contributed by atoms with E-state index in [-0.39, 0.29) is 17.2 Å². The number of hydrogen-bond acceptors (Lipinski definition) is 3. The van der Waals surface area contributed by atoms with E-state index in [4.69, 9.17) is 0 Å². The van der Waals surface area contributed by atoms with Gasteiger partial charge in [-0.2, -0.15) is 0 Å². The molecule has 3 nitrogen and oxygen atoms in total. The summed E-state index contributed by atoms with van der Waals surface area (Å²) >= 11 is 0. The first-order valence-electron chi connectivity index (χ1n) is 9.56. The topological polar surface area (TPSA) is 60.7 Å². The Bertz CT molecular complexity index is 973. The van der Waals surface area contributed by atoms with Gasteiger partial charge in [0.15, 0.2) is 0 Å². The van der Waals surface area contributed by atoms with Crippen LogP contribution in [0.1, 0.15) is 34.7 Å². The highest BCUT2D eigenvalue weighted by molar-refractivity contribution is 5.55. The average molecular weight is 386 g/mol. The molecule has 0 fully saturated rings. The number of allylic oxidation sites excluding steroid dienone is 2. The van der Waals surface area contributed by atoms with Gasteiger partial charge in [0.1, 0.15) is 17.2 Å². The third kappa shape index (κ3) is 3.90. The second-order valence-corrected chi connectivity index (χ2v) is 7.34. The Morgan fingerprint density at radius 1 is 0.690 bits per heavy atom. The van der Waals surface area contributed by atoms with E-state index < -0.39 is 5.41 Å². The van der Waals surface area contributed by atoms with Crippen molar-refractivity contribution in [2.75, 3.05) is 0 Å². The molecular formula is C26H26O3. The molecule has 3 aromatic rings. The van der Waals surface area contributed by atoms with E-state index in [1.54, 1.807) is 36.4 Å². The summed E-state index contributed by atoms with van der Waals surface area (Å²) in [5.41, 5.74) is 4.00. The summed E-state index contributed by atoms with van der Waals surface area (Å²) in [5.74, 6) is 0.673. The summed E-state index contributed by atoms with van der Waals surface area (Å²) in [7, 11) is 0. The Balaban J connectivity index is 2.27. The molecule has 0 aliphatic heterocycles. The van der Waals surface area contributed by atoms with Gasteiger partial charge in [0.05, 0.1) is 0 Å². The number of rotatable bonds is 7. The Morgan fingerprint density at radius 3 is 1.52 bits per heavy atom. The molecule has 0 unspecified atom stereocenters. The summed E-state index contributed by atoms with van der Waals surface area (Å²) in [6, 6.07) is 18.4. The normalized spacial score (nSPS) is 11.2. The lowest BCUT2D eigenvalue weighted by Crippen LogP contribution is -2.25. The van der Waals surface area contributed by atoms with Crippen LogP contribution in [0.15, 0.2) is 86.0 Å². The molecule has 0 atom stereocenters. The second-order valence-electron chi connectivity index (χ2n) is 7.34. The number of hydrogen-bond donors (Lipinski definition) is 3. The fourth-order valence-corrected chi connectivity index (χ4v) is 3.73. The van der Waals surface area contributed by atoms with Gasteiger partial charge >= 0.3 is 0 Å². The van der Waals surface area contributed by atoms with Gasteiger partial charge in [-0.25, -0.2) is 0 Å². The maximum Gasteiger partial charge on any atom is 0.119 e. The number of aromatic hydroxyl groups is 3.